The van der Waals surface area contributed by atoms with Gasteiger partial charge in [0.2, 0.25) is 0 Å². The van der Waals surface area contributed by atoms with Crippen molar-refractivity contribution in [3.8, 4) is 5.75 Å². The van der Waals surface area contributed by atoms with Crippen LogP contribution in [0.5, 0.6) is 5.75 Å². The van der Waals surface area contributed by atoms with E-state index in [1.807, 2.05) is 39.0 Å². The molecular weight excluding hydrogens is 282 g/mol. The predicted molar refractivity (Wildman–Crippen MR) is 82.9 cm³/mol. The number of nitrogens with zero attached hydrogens (tertiary/aromatic N) is 1. The Morgan fingerprint density at radius 2 is 1.91 bits per heavy atom. The van der Waals surface area contributed by atoms with Crippen molar-refractivity contribution in [2.24, 2.45) is 11.8 Å². The number of amides is 1. The van der Waals surface area contributed by atoms with Gasteiger partial charge in [-0.05, 0) is 37.3 Å². The molecule has 2 rings (SSSR count). The molecule has 0 aliphatic carbocycles. The van der Waals surface area contributed by atoms with Gasteiger partial charge in [0.25, 0.3) is 5.91 Å². The number of carbonyl (C=O) groups is 2. The number of aryl methyl sites for hydroxylation is 2. The predicted octanol–water partition coefficient (Wildman–Crippen LogP) is 2.25. The van der Waals surface area contributed by atoms with E-state index in [-0.39, 0.29) is 25.0 Å². The van der Waals surface area contributed by atoms with Crippen LogP contribution < -0.4 is 4.74 Å². The standard InChI is InChI=1S/C17H23NO4/c1-11-7-14(17(20)21)9-18(8-11)15(19)10-22-16-12(2)5-4-6-13(16)3/h4-6,11,14H,7-10H2,1-3H3,(H,20,21). The molecule has 1 aromatic carbocycles. The molecule has 1 aliphatic rings. The van der Waals surface area contributed by atoms with Crippen molar-refractivity contribution in [3.05, 3.63) is 29.3 Å². The highest BCUT2D eigenvalue weighted by Crippen LogP contribution is 2.24. The maximum atomic E-state index is 12.3. The molecule has 1 heterocycles. The van der Waals surface area contributed by atoms with Crippen molar-refractivity contribution >= 4 is 11.9 Å². The first-order valence-corrected chi connectivity index (χ1v) is 7.58. The summed E-state index contributed by atoms with van der Waals surface area (Å²) in [7, 11) is 0. The lowest BCUT2D eigenvalue weighted by Crippen LogP contribution is -2.47. The fraction of sp³-hybridized carbons (Fsp3) is 0.529. The molecule has 2 atom stereocenters. The van der Waals surface area contributed by atoms with Crippen LogP contribution in [-0.4, -0.2) is 41.6 Å². The van der Waals surface area contributed by atoms with E-state index in [2.05, 4.69) is 0 Å². The number of hydrogen-bond donors (Lipinski definition) is 1. The van der Waals surface area contributed by atoms with Crippen molar-refractivity contribution in [3.63, 3.8) is 0 Å². The zero-order valence-electron chi connectivity index (χ0n) is 13.3. The SMILES string of the molecule is Cc1cccc(C)c1OCC(=O)N1CC(C)CC(C(=O)O)C1. The molecule has 1 aliphatic heterocycles. The summed E-state index contributed by atoms with van der Waals surface area (Å²) in [5.41, 5.74) is 1.98. The van der Waals surface area contributed by atoms with Gasteiger partial charge in [0.15, 0.2) is 6.61 Å². The molecule has 1 aromatic rings. The number of carboxylic acid groups (broad SMARTS) is 1. The fourth-order valence-corrected chi connectivity index (χ4v) is 2.99. The number of para-hydroxylation sites is 1. The molecule has 1 amide bonds. The zero-order valence-corrected chi connectivity index (χ0v) is 13.3. The van der Waals surface area contributed by atoms with Gasteiger partial charge in [0, 0.05) is 13.1 Å². The molecule has 22 heavy (non-hydrogen) atoms. The first-order valence-electron chi connectivity index (χ1n) is 7.58. The summed E-state index contributed by atoms with van der Waals surface area (Å²) in [6.07, 6.45) is 0.622. The summed E-state index contributed by atoms with van der Waals surface area (Å²) >= 11 is 0. The topological polar surface area (TPSA) is 66.8 Å². The van der Waals surface area contributed by atoms with Gasteiger partial charge in [0.05, 0.1) is 5.92 Å². The second-order valence-corrected chi connectivity index (χ2v) is 6.18. The normalized spacial score (nSPS) is 21.5. The molecule has 120 valence electrons. The largest absolute Gasteiger partial charge is 0.483 e. The molecule has 2 unspecified atom stereocenters. The van der Waals surface area contributed by atoms with E-state index in [0.717, 1.165) is 16.9 Å². The summed E-state index contributed by atoms with van der Waals surface area (Å²) in [6.45, 7) is 6.67. The number of carboxylic acids is 1. The Morgan fingerprint density at radius 3 is 2.50 bits per heavy atom. The Bertz CT molecular complexity index is 550. The van der Waals surface area contributed by atoms with Crippen LogP contribution in [-0.2, 0) is 9.59 Å². The van der Waals surface area contributed by atoms with E-state index in [0.29, 0.717) is 13.0 Å². The van der Waals surface area contributed by atoms with E-state index in [1.54, 1.807) is 4.90 Å². The number of carbonyl (C=O) groups excluding carboxylic acids is 1. The van der Waals surface area contributed by atoms with Crippen LogP contribution in [0.15, 0.2) is 18.2 Å². The third kappa shape index (κ3) is 3.78. The van der Waals surface area contributed by atoms with E-state index < -0.39 is 11.9 Å². The number of piperidine rings is 1. The van der Waals surface area contributed by atoms with Crippen LogP contribution in [0.3, 0.4) is 0 Å². The number of hydrogen-bond acceptors (Lipinski definition) is 3. The van der Waals surface area contributed by atoms with Crippen LogP contribution in [0.2, 0.25) is 0 Å². The Labute approximate surface area is 130 Å². The lowest BCUT2D eigenvalue weighted by Gasteiger charge is -2.34. The summed E-state index contributed by atoms with van der Waals surface area (Å²) in [5.74, 6) is -0.539. The highest BCUT2D eigenvalue weighted by molar-refractivity contribution is 5.79. The number of aliphatic carboxylic acids is 1. The van der Waals surface area contributed by atoms with Gasteiger partial charge < -0.3 is 14.7 Å². The minimum Gasteiger partial charge on any atom is -0.483 e. The van der Waals surface area contributed by atoms with Gasteiger partial charge in [0.1, 0.15) is 5.75 Å². The van der Waals surface area contributed by atoms with Crippen LogP contribution in [0.4, 0.5) is 0 Å². The maximum Gasteiger partial charge on any atom is 0.308 e. The zero-order chi connectivity index (χ0) is 16.3. The molecule has 1 saturated heterocycles. The van der Waals surface area contributed by atoms with Crippen LogP contribution in [0, 0.1) is 25.7 Å². The molecule has 1 N–H and O–H groups in total. The molecule has 0 spiro atoms. The van der Waals surface area contributed by atoms with Crippen molar-refractivity contribution in [1.29, 1.82) is 0 Å². The average Bonchev–Trinajstić information content (AvgIpc) is 2.45. The third-order valence-corrected chi connectivity index (χ3v) is 4.11. The number of likely N-dealkylation sites (tertiary alicyclic amines) is 1. The number of ether oxygens (including phenoxy) is 1. The van der Waals surface area contributed by atoms with Gasteiger partial charge in [-0.15, -0.1) is 0 Å². The number of rotatable bonds is 4. The van der Waals surface area contributed by atoms with Crippen LogP contribution in [0.25, 0.3) is 0 Å². The van der Waals surface area contributed by atoms with Crippen LogP contribution in [0.1, 0.15) is 24.5 Å². The summed E-state index contributed by atoms with van der Waals surface area (Å²) < 4.78 is 5.67. The van der Waals surface area contributed by atoms with E-state index in [1.165, 1.54) is 0 Å². The highest BCUT2D eigenvalue weighted by Gasteiger charge is 2.31. The third-order valence-electron chi connectivity index (χ3n) is 4.11. The molecule has 0 radical (unpaired) electrons. The Balaban J connectivity index is 1.98. The number of benzene rings is 1. The second-order valence-electron chi connectivity index (χ2n) is 6.18. The van der Waals surface area contributed by atoms with Gasteiger partial charge >= 0.3 is 5.97 Å². The highest BCUT2D eigenvalue weighted by atomic mass is 16.5. The quantitative estimate of drug-likeness (QED) is 0.926. The molecule has 1 fully saturated rings. The van der Waals surface area contributed by atoms with Crippen molar-refractivity contribution in [2.45, 2.75) is 27.2 Å². The minimum atomic E-state index is -0.833. The molecule has 0 saturated carbocycles. The summed E-state index contributed by atoms with van der Waals surface area (Å²) in [5, 5.41) is 9.17. The van der Waals surface area contributed by atoms with E-state index in [4.69, 9.17) is 9.84 Å². The van der Waals surface area contributed by atoms with Crippen molar-refractivity contribution in [1.82, 2.24) is 4.90 Å². The van der Waals surface area contributed by atoms with Crippen molar-refractivity contribution in [2.75, 3.05) is 19.7 Å². The Hall–Kier alpha value is -2.04. The Kier molecular flexibility index (Phi) is 5.06. The maximum absolute atomic E-state index is 12.3. The first-order chi connectivity index (χ1) is 10.4. The second kappa shape index (κ2) is 6.81. The monoisotopic (exact) mass is 305 g/mol. The van der Waals surface area contributed by atoms with Crippen LogP contribution >= 0.6 is 0 Å². The molecular formula is C17H23NO4. The summed E-state index contributed by atoms with van der Waals surface area (Å²) in [4.78, 5) is 25.1. The molecule has 5 heteroatoms. The average molecular weight is 305 g/mol. The van der Waals surface area contributed by atoms with Gasteiger partial charge in [-0.2, -0.15) is 0 Å². The fourth-order valence-electron chi connectivity index (χ4n) is 2.99. The molecule has 0 aromatic heterocycles. The van der Waals surface area contributed by atoms with Gasteiger partial charge in [-0.3, -0.25) is 9.59 Å². The smallest absolute Gasteiger partial charge is 0.308 e. The van der Waals surface area contributed by atoms with E-state index >= 15 is 0 Å². The Morgan fingerprint density at radius 1 is 1.27 bits per heavy atom. The summed E-state index contributed by atoms with van der Waals surface area (Å²) in [6, 6.07) is 5.83. The lowest BCUT2D eigenvalue weighted by molar-refractivity contribution is -0.147. The minimum absolute atomic E-state index is 0.0508. The lowest BCUT2D eigenvalue weighted by atomic mass is 9.90. The van der Waals surface area contributed by atoms with Gasteiger partial charge in [-0.25, -0.2) is 0 Å². The van der Waals surface area contributed by atoms with E-state index in [9.17, 15) is 9.59 Å². The molecule has 5 nitrogen and oxygen atoms in total. The van der Waals surface area contributed by atoms with Crippen molar-refractivity contribution < 1.29 is 19.4 Å². The first kappa shape index (κ1) is 16.3. The van der Waals surface area contributed by atoms with Gasteiger partial charge in [-0.1, -0.05) is 25.1 Å². The molecule has 0 bridgehead atoms.